The highest BCUT2D eigenvalue weighted by Crippen LogP contribution is 2.33. The van der Waals surface area contributed by atoms with Crippen LogP contribution in [0.25, 0.3) is 0 Å². The minimum absolute atomic E-state index is 0.154. The van der Waals surface area contributed by atoms with E-state index in [1.165, 1.54) is 0 Å². The van der Waals surface area contributed by atoms with Crippen molar-refractivity contribution in [2.45, 2.75) is 38.9 Å². The highest BCUT2D eigenvalue weighted by molar-refractivity contribution is 6.02. The Kier molecular flexibility index (Phi) is 6.87. The molecule has 0 saturated carbocycles. The quantitative estimate of drug-likeness (QED) is 0.544. The Morgan fingerprint density at radius 2 is 1.82 bits per heavy atom. The maximum absolute atomic E-state index is 13.6. The van der Waals surface area contributed by atoms with Crippen molar-refractivity contribution in [3.05, 3.63) is 95.1 Å². The fourth-order valence-corrected chi connectivity index (χ4v) is 4.47. The van der Waals surface area contributed by atoms with Gasteiger partial charge in [-0.3, -0.25) is 9.59 Å². The second kappa shape index (κ2) is 10.00. The van der Waals surface area contributed by atoms with E-state index in [-0.39, 0.29) is 11.8 Å². The molecule has 4 rings (SSSR count). The molecule has 0 unspecified atom stereocenters. The molecule has 1 atom stereocenters. The van der Waals surface area contributed by atoms with Gasteiger partial charge in [0.15, 0.2) is 0 Å². The lowest BCUT2D eigenvalue weighted by Gasteiger charge is -2.44. The largest absolute Gasteiger partial charge is 0.496 e. The number of amides is 2. The van der Waals surface area contributed by atoms with Crippen LogP contribution in [0.1, 0.15) is 40.9 Å². The molecule has 1 aliphatic heterocycles. The third-order valence-corrected chi connectivity index (χ3v) is 6.29. The summed E-state index contributed by atoms with van der Waals surface area (Å²) >= 11 is 0. The van der Waals surface area contributed by atoms with Gasteiger partial charge >= 0.3 is 0 Å². The predicted octanol–water partition coefficient (Wildman–Crippen LogP) is 4.37. The van der Waals surface area contributed by atoms with Gasteiger partial charge in [0.2, 0.25) is 5.91 Å². The van der Waals surface area contributed by atoms with Crippen LogP contribution in [0.5, 0.6) is 11.5 Å². The number of hydrogen-bond donors (Lipinski definition) is 1. The van der Waals surface area contributed by atoms with E-state index in [0.29, 0.717) is 37.4 Å². The van der Waals surface area contributed by atoms with E-state index in [2.05, 4.69) is 5.32 Å². The lowest BCUT2D eigenvalue weighted by Crippen LogP contribution is -2.62. The first kappa shape index (κ1) is 23.4. The topological polar surface area (TPSA) is 67.9 Å². The number of ether oxygens (including phenoxy) is 2. The van der Waals surface area contributed by atoms with Gasteiger partial charge in [-0.05, 0) is 49.2 Å². The summed E-state index contributed by atoms with van der Waals surface area (Å²) in [6.07, 6.45) is 0.428. The highest BCUT2D eigenvalue weighted by atomic mass is 16.5. The summed E-state index contributed by atoms with van der Waals surface area (Å²) in [5, 5.41) is 3.05. The van der Waals surface area contributed by atoms with Gasteiger partial charge in [0.25, 0.3) is 5.91 Å². The van der Waals surface area contributed by atoms with Crippen molar-refractivity contribution < 1.29 is 19.1 Å². The van der Waals surface area contributed by atoms with Crippen LogP contribution < -0.4 is 14.8 Å². The molecular formula is C28H30N2O4. The monoisotopic (exact) mass is 458 g/mol. The van der Waals surface area contributed by atoms with Crippen molar-refractivity contribution in [2.24, 2.45) is 0 Å². The molecule has 6 heteroatoms. The minimum Gasteiger partial charge on any atom is -0.496 e. The van der Waals surface area contributed by atoms with Gasteiger partial charge in [-0.25, -0.2) is 0 Å². The van der Waals surface area contributed by atoms with Crippen LogP contribution >= 0.6 is 0 Å². The lowest BCUT2D eigenvalue weighted by atomic mass is 9.82. The summed E-state index contributed by atoms with van der Waals surface area (Å²) in [5.74, 6) is 1.09. The van der Waals surface area contributed by atoms with Crippen molar-refractivity contribution in [2.75, 3.05) is 13.7 Å². The molecule has 6 nitrogen and oxygen atoms in total. The van der Waals surface area contributed by atoms with Crippen LogP contribution in [-0.2, 0) is 24.3 Å². The first-order valence-electron chi connectivity index (χ1n) is 11.5. The van der Waals surface area contributed by atoms with Crippen LogP contribution in [0, 0.1) is 0 Å². The van der Waals surface area contributed by atoms with Crippen molar-refractivity contribution >= 4 is 11.8 Å². The Hall–Kier alpha value is -3.80. The molecule has 2 amide bonds. The maximum atomic E-state index is 13.6. The van der Waals surface area contributed by atoms with Gasteiger partial charge in [0, 0.05) is 30.6 Å². The molecule has 1 N–H and O–H groups in total. The molecule has 3 aromatic rings. The zero-order valence-electron chi connectivity index (χ0n) is 19.8. The second-order valence-electron chi connectivity index (χ2n) is 8.57. The molecular weight excluding hydrogens is 428 g/mol. The predicted molar refractivity (Wildman–Crippen MR) is 131 cm³/mol. The molecule has 176 valence electrons. The highest BCUT2D eigenvalue weighted by Gasteiger charge is 2.46. The molecule has 0 fully saturated rings. The number of nitrogens with one attached hydrogen (secondary N) is 1. The number of benzene rings is 3. The van der Waals surface area contributed by atoms with Gasteiger partial charge in [0.05, 0.1) is 13.7 Å². The van der Waals surface area contributed by atoms with E-state index < -0.39 is 5.54 Å². The summed E-state index contributed by atoms with van der Waals surface area (Å²) in [7, 11) is 1.61. The lowest BCUT2D eigenvalue weighted by molar-refractivity contribution is -0.132. The van der Waals surface area contributed by atoms with Crippen molar-refractivity contribution in [1.29, 1.82) is 0 Å². The van der Waals surface area contributed by atoms with Crippen LogP contribution in [0.2, 0.25) is 0 Å². The first-order chi connectivity index (χ1) is 16.5. The summed E-state index contributed by atoms with van der Waals surface area (Å²) in [4.78, 5) is 28.9. The number of rotatable bonds is 8. The molecule has 0 radical (unpaired) electrons. The normalized spacial score (nSPS) is 17.1. The van der Waals surface area contributed by atoms with E-state index in [4.69, 9.17) is 9.47 Å². The van der Waals surface area contributed by atoms with Gasteiger partial charge in [-0.15, -0.1) is 0 Å². The molecule has 0 bridgehead atoms. The number of methoxy groups -OCH3 is 1. The number of carbonyl (C=O) groups excluding carboxylic acids is 2. The summed E-state index contributed by atoms with van der Waals surface area (Å²) in [5.41, 5.74) is 2.23. The Morgan fingerprint density at radius 1 is 1.06 bits per heavy atom. The summed E-state index contributed by atoms with van der Waals surface area (Å²) < 4.78 is 11.0. The number of nitrogens with zero attached hydrogens (tertiary/aromatic N) is 1. The average molecular weight is 459 g/mol. The maximum Gasteiger partial charge on any atom is 0.255 e. The number of para-hydroxylation sites is 1. The second-order valence-corrected chi connectivity index (χ2v) is 8.57. The number of carbonyl (C=O) groups is 2. The van der Waals surface area contributed by atoms with E-state index >= 15 is 0 Å². The van der Waals surface area contributed by atoms with Crippen LogP contribution in [0.4, 0.5) is 0 Å². The van der Waals surface area contributed by atoms with Crippen LogP contribution in [-0.4, -0.2) is 36.0 Å². The minimum atomic E-state index is -1.06. The molecule has 0 spiro atoms. The van der Waals surface area contributed by atoms with Crippen molar-refractivity contribution in [3.63, 3.8) is 0 Å². The Balaban J connectivity index is 1.64. The van der Waals surface area contributed by atoms with Gasteiger partial charge in [-0.2, -0.15) is 0 Å². The smallest absolute Gasteiger partial charge is 0.255 e. The third-order valence-electron chi connectivity index (χ3n) is 6.29. The molecule has 0 saturated heterocycles. The Bertz CT molecular complexity index is 1190. The van der Waals surface area contributed by atoms with Crippen LogP contribution in [0.3, 0.4) is 0 Å². The van der Waals surface area contributed by atoms with Gasteiger partial charge in [0.1, 0.15) is 17.0 Å². The Morgan fingerprint density at radius 3 is 2.62 bits per heavy atom. The van der Waals surface area contributed by atoms with E-state index in [1.54, 1.807) is 12.0 Å². The first-order valence-corrected chi connectivity index (χ1v) is 11.5. The van der Waals surface area contributed by atoms with Crippen LogP contribution in [0.15, 0.2) is 72.8 Å². The SMILES string of the molecule is CCOc1cccc(CN2C(=O)c3ccccc3C[C@@]2(C)C(=O)NCc2ccccc2OC)c1. The number of hydrogen-bond acceptors (Lipinski definition) is 4. The summed E-state index contributed by atoms with van der Waals surface area (Å²) in [6, 6.07) is 22.7. The van der Waals surface area contributed by atoms with Gasteiger partial charge in [-0.1, -0.05) is 48.5 Å². The molecule has 1 aliphatic rings. The Labute approximate surface area is 200 Å². The average Bonchev–Trinajstić information content (AvgIpc) is 2.85. The fourth-order valence-electron chi connectivity index (χ4n) is 4.47. The zero-order valence-corrected chi connectivity index (χ0v) is 19.8. The molecule has 0 aliphatic carbocycles. The van der Waals surface area contributed by atoms with Crippen molar-refractivity contribution in [3.8, 4) is 11.5 Å². The van der Waals surface area contributed by atoms with E-state index in [0.717, 1.165) is 22.4 Å². The third kappa shape index (κ3) is 4.62. The standard InChI is InChI=1S/C28H30N2O4/c1-4-34-23-13-9-10-20(16-23)19-30-26(31)24-14-7-5-11-21(24)17-28(30,2)27(32)29-18-22-12-6-8-15-25(22)33-3/h5-16H,4,17-19H2,1-3H3,(H,29,32)/t28-/m0/s1. The van der Waals surface area contributed by atoms with Gasteiger partial charge < -0.3 is 19.7 Å². The van der Waals surface area contributed by atoms with E-state index in [9.17, 15) is 9.59 Å². The summed E-state index contributed by atoms with van der Waals surface area (Å²) in [6.45, 7) is 4.93. The molecule has 0 aromatic heterocycles. The number of fused-ring (bicyclic) bond motifs is 1. The molecule has 1 heterocycles. The fraction of sp³-hybridized carbons (Fsp3) is 0.286. The van der Waals surface area contributed by atoms with E-state index in [1.807, 2.05) is 86.6 Å². The molecule has 34 heavy (non-hydrogen) atoms. The van der Waals surface area contributed by atoms with Crippen molar-refractivity contribution in [1.82, 2.24) is 10.2 Å². The zero-order chi connectivity index (χ0) is 24.1. The molecule has 3 aromatic carbocycles.